The zero-order valence-electron chi connectivity index (χ0n) is 17.6. The van der Waals surface area contributed by atoms with E-state index in [1.165, 1.54) is 35.9 Å². The molecule has 156 valence electrons. The Kier molecular flexibility index (Phi) is 4.93. The topological polar surface area (TPSA) is 90.9 Å². The Morgan fingerprint density at radius 2 is 1.93 bits per heavy atom. The number of rotatable bonds is 3. The van der Waals surface area contributed by atoms with E-state index in [9.17, 15) is 14.4 Å². The van der Waals surface area contributed by atoms with Crippen molar-refractivity contribution in [2.24, 2.45) is 14.1 Å². The number of aromatic nitrogens is 4. The first-order chi connectivity index (χ1) is 14.3. The summed E-state index contributed by atoms with van der Waals surface area (Å²) in [5.74, 6) is -0.440. The standard InChI is InChI=1S/C22H25N5O3/c1-13-7-5-9-17(14(13)2)27-18-10-6-8-16(15(18)12-23-27)24-21(29)19-11-20(28)26(4)22(30)25(19)3/h5,7,9,11-12,16H,6,8,10H2,1-4H3,(H,24,29). The van der Waals surface area contributed by atoms with E-state index in [1.54, 1.807) is 0 Å². The summed E-state index contributed by atoms with van der Waals surface area (Å²) in [6, 6.07) is 7.11. The van der Waals surface area contributed by atoms with Gasteiger partial charge in [0.25, 0.3) is 11.5 Å². The highest BCUT2D eigenvalue weighted by atomic mass is 16.2. The largest absolute Gasteiger partial charge is 0.344 e. The molecule has 8 heteroatoms. The molecule has 1 aromatic carbocycles. The number of amides is 1. The molecule has 1 N–H and O–H groups in total. The number of carbonyl (C=O) groups excluding carboxylic acids is 1. The number of hydrogen-bond acceptors (Lipinski definition) is 4. The predicted octanol–water partition coefficient (Wildman–Crippen LogP) is 1.69. The molecule has 4 rings (SSSR count). The van der Waals surface area contributed by atoms with Crippen molar-refractivity contribution in [3.05, 3.63) is 79.4 Å². The van der Waals surface area contributed by atoms with Crippen LogP contribution in [0, 0.1) is 13.8 Å². The number of hydrogen-bond donors (Lipinski definition) is 1. The van der Waals surface area contributed by atoms with Crippen LogP contribution in [0.4, 0.5) is 0 Å². The lowest BCUT2D eigenvalue weighted by Gasteiger charge is -2.25. The lowest BCUT2D eigenvalue weighted by molar-refractivity contribution is 0.0922. The van der Waals surface area contributed by atoms with Gasteiger partial charge in [-0.25, -0.2) is 9.48 Å². The molecule has 1 amide bonds. The van der Waals surface area contributed by atoms with Crippen LogP contribution in [-0.2, 0) is 20.5 Å². The zero-order chi connectivity index (χ0) is 21.6. The predicted molar refractivity (Wildman–Crippen MR) is 113 cm³/mol. The first kappa shape index (κ1) is 19.9. The molecular weight excluding hydrogens is 382 g/mol. The van der Waals surface area contributed by atoms with Gasteiger partial charge in [0.15, 0.2) is 0 Å². The number of benzene rings is 1. The molecule has 1 aliphatic carbocycles. The minimum atomic E-state index is -0.528. The van der Waals surface area contributed by atoms with E-state index < -0.39 is 17.2 Å². The molecule has 0 aliphatic heterocycles. The second kappa shape index (κ2) is 7.44. The van der Waals surface area contributed by atoms with Crippen molar-refractivity contribution >= 4 is 5.91 Å². The lowest BCUT2D eigenvalue weighted by Crippen LogP contribution is -2.42. The Morgan fingerprint density at radius 3 is 2.70 bits per heavy atom. The van der Waals surface area contributed by atoms with Crippen LogP contribution in [0.3, 0.4) is 0 Å². The number of aryl methyl sites for hydroxylation is 1. The van der Waals surface area contributed by atoms with Gasteiger partial charge in [0.05, 0.1) is 17.9 Å². The summed E-state index contributed by atoms with van der Waals surface area (Å²) in [5.41, 5.74) is 4.49. The van der Waals surface area contributed by atoms with Gasteiger partial charge in [-0.15, -0.1) is 0 Å². The number of nitrogens with one attached hydrogen (secondary N) is 1. The summed E-state index contributed by atoms with van der Waals surface area (Å²) >= 11 is 0. The maximum atomic E-state index is 12.9. The summed E-state index contributed by atoms with van der Waals surface area (Å²) < 4.78 is 4.13. The Morgan fingerprint density at radius 1 is 1.17 bits per heavy atom. The van der Waals surface area contributed by atoms with Crippen molar-refractivity contribution in [1.29, 1.82) is 0 Å². The molecular formula is C22H25N5O3. The molecule has 0 bridgehead atoms. The first-order valence-electron chi connectivity index (χ1n) is 10.0. The molecule has 2 aromatic heterocycles. The van der Waals surface area contributed by atoms with Crippen LogP contribution in [-0.4, -0.2) is 24.8 Å². The third-order valence-corrected chi connectivity index (χ3v) is 6.05. The molecule has 1 unspecified atom stereocenters. The molecule has 0 fully saturated rings. The van der Waals surface area contributed by atoms with Crippen LogP contribution in [0.5, 0.6) is 0 Å². The van der Waals surface area contributed by atoms with Gasteiger partial charge in [0, 0.05) is 31.4 Å². The maximum absolute atomic E-state index is 12.9. The van der Waals surface area contributed by atoms with Crippen LogP contribution in [0.2, 0.25) is 0 Å². The van der Waals surface area contributed by atoms with Gasteiger partial charge in [-0.3, -0.25) is 18.7 Å². The Hall–Kier alpha value is -3.42. The third kappa shape index (κ3) is 3.18. The van der Waals surface area contributed by atoms with Crippen molar-refractivity contribution in [1.82, 2.24) is 24.2 Å². The van der Waals surface area contributed by atoms with Crippen molar-refractivity contribution in [3.63, 3.8) is 0 Å². The average molecular weight is 407 g/mol. The Bertz CT molecular complexity index is 1260. The number of nitrogens with zero attached hydrogens (tertiary/aromatic N) is 4. The fourth-order valence-electron chi connectivity index (χ4n) is 4.06. The number of fused-ring (bicyclic) bond motifs is 1. The summed E-state index contributed by atoms with van der Waals surface area (Å²) in [5, 5.41) is 7.61. The normalized spacial score (nSPS) is 15.7. The van der Waals surface area contributed by atoms with Gasteiger partial charge in [0.1, 0.15) is 5.69 Å². The highest BCUT2D eigenvalue weighted by Crippen LogP contribution is 2.32. The van der Waals surface area contributed by atoms with Crippen molar-refractivity contribution < 1.29 is 4.79 Å². The van der Waals surface area contributed by atoms with E-state index in [-0.39, 0.29) is 11.7 Å². The fraction of sp³-hybridized carbons (Fsp3) is 0.364. The summed E-state index contributed by atoms with van der Waals surface area (Å²) in [6.07, 6.45) is 4.36. The summed E-state index contributed by atoms with van der Waals surface area (Å²) in [7, 11) is 2.88. The Labute approximate surface area is 173 Å². The van der Waals surface area contributed by atoms with Gasteiger partial charge in [-0.2, -0.15) is 5.10 Å². The third-order valence-electron chi connectivity index (χ3n) is 6.05. The lowest BCUT2D eigenvalue weighted by atomic mass is 9.92. The molecule has 1 atom stereocenters. The molecule has 0 saturated carbocycles. The van der Waals surface area contributed by atoms with Gasteiger partial charge in [-0.1, -0.05) is 12.1 Å². The minimum Gasteiger partial charge on any atom is -0.344 e. The molecule has 2 heterocycles. The summed E-state index contributed by atoms with van der Waals surface area (Å²) in [6.45, 7) is 4.16. The fourth-order valence-corrected chi connectivity index (χ4v) is 4.06. The second-order valence-corrected chi connectivity index (χ2v) is 7.86. The van der Waals surface area contributed by atoms with Gasteiger partial charge in [0.2, 0.25) is 0 Å². The van der Waals surface area contributed by atoms with E-state index in [1.807, 2.05) is 23.0 Å². The van der Waals surface area contributed by atoms with E-state index in [0.717, 1.165) is 40.8 Å². The molecule has 0 saturated heterocycles. The molecule has 30 heavy (non-hydrogen) atoms. The van der Waals surface area contributed by atoms with E-state index >= 15 is 0 Å². The van der Waals surface area contributed by atoms with Crippen molar-refractivity contribution in [3.8, 4) is 5.69 Å². The maximum Gasteiger partial charge on any atom is 0.331 e. The van der Waals surface area contributed by atoms with Crippen LogP contribution >= 0.6 is 0 Å². The average Bonchev–Trinajstić information content (AvgIpc) is 3.16. The quantitative estimate of drug-likeness (QED) is 0.715. The molecule has 0 radical (unpaired) electrons. The highest BCUT2D eigenvalue weighted by Gasteiger charge is 2.27. The second-order valence-electron chi connectivity index (χ2n) is 7.86. The van der Waals surface area contributed by atoms with E-state index in [0.29, 0.717) is 0 Å². The van der Waals surface area contributed by atoms with Crippen LogP contribution < -0.4 is 16.6 Å². The smallest absolute Gasteiger partial charge is 0.331 e. The van der Waals surface area contributed by atoms with Crippen LogP contribution in [0.1, 0.15) is 51.8 Å². The summed E-state index contributed by atoms with van der Waals surface area (Å²) in [4.78, 5) is 37.0. The molecule has 3 aromatic rings. The zero-order valence-corrected chi connectivity index (χ0v) is 17.6. The Balaban J connectivity index is 1.68. The van der Waals surface area contributed by atoms with Gasteiger partial charge < -0.3 is 5.32 Å². The molecule has 1 aliphatic rings. The van der Waals surface area contributed by atoms with Gasteiger partial charge in [-0.05, 0) is 50.3 Å². The minimum absolute atomic E-state index is 0.0529. The molecule has 8 nitrogen and oxygen atoms in total. The SMILES string of the molecule is Cc1cccc(-n2ncc3c2CCCC3NC(=O)c2cc(=O)n(C)c(=O)n2C)c1C. The van der Waals surface area contributed by atoms with Crippen LogP contribution in [0.25, 0.3) is 5.69 Å². The highest BCUT2D eigenvalue weighted by molar-refractivity contribution is 5.92. The molecule has 0 spiro atoms. The van der Waals surface area contributed by atoms with Crippen molar-refractivity contribution in [2.45, 2.75) is 39.2 Å². The first-order valence-corrected chi connectivity index (χ1v) is 10.0. The van der Waals surface area contributed by atoms with E-state index in [4.69, 9.17) is 0 Å². The van der Waals surface area contributed by atoms with Crippen LogP contribution in [0.15, 0.2) is 40.1 Å². The van der Waals surface area contributed by atoms with Crippen molar-refractivity contribution in [2.75, 3.05) is 0 Å². The number of carbonyl (C=O) groups is 1. The monoisotopic (exact) mass is 407 g/mol. The van der Waals surface area contributed by atoms with E-state index in [2.05, 4.69) is 30.3 Å². The van der Waals surface area contributed by atoms with Gasteiger partial charge >= 0.3 is 5.69 Å².